The highest BCUT2D eigenvalue weighted by Gasteiger charge is 2.15. The zero-order chi connectivity index (χ0) is 13.3. The molecule has 0 unspecified atom stereocenters. The van der Waals surface area contributed by atoms with Crippen molar-refractivity contribution in [1.82, 2.24) is 9.97 Å². The maximum atomic E-state index is 13.9. The van der Waals surface area contributed by atoms with Crippen LogP contribution in [-0.2, 0) is 6.42 Å². The van der Waals surface area contributed by atoms with Crippen LogP contribution in [0.15, 0.2) is 18.5 Å². The molecule has 18 heavy (non-hydrogen) atoms. The van der Waals surface area contributed by atoms with E-state index < -0.39 is 5.82 Å². The van der Waals surface area contributed by atoms with Crippen LogP contribution in [0, 0.1) is 5.82 Å². The monoisotopic (exact) mass is 285 g/mol. The molecule has 3 nitrogen and oxygen atoms in total. The number of hydrogen-bond acceptors (Lipinski definition) is 3. The van der Waals surface area contributed by atoms with Gasteiger partial charge in [0.25, 0.3) is 0 Å². The first-order valence-corrected chi connectivity index (χ1v) is 6.04. The molecule has 2 N–H and O–H groups in total. The largest absolute Gasteiger partial charge is 0.398 e. The van der Waals surface area contributed by atoms with Crippen LogP contribution in [0.1, 0.15) is 12.6 Å². The van der Waals surface area contributed by atoms with Crippen molar-refractivity contribution in [2.75, 3.05) is 5.73 Å². The smallest absolute Gasteiger partial charge is 0.134 e. The summed E-state index contributed by atoms with van der Waals surface area (Å²) in [5.74, 6) is -0.517. The molecule has 0 amide bonds. The highest BCUT2D eigenvalue weighted by molar-refractivity contribution is 6.34. The molecule has 0 radical (unpaired) electrons. The lowest BCUT2D eigenvalue weighted by Crippen LogP contribution is -1.98. The van der Waals surface area contributed by atoms with Gasteiger partial charge < -0.3 is 5.73 Å². The van der Waals surface area contributed by atoms with E-state index in [0.717, 1.165) is 6.07 Å². The molecule has 0 atom stereocenters. The second-order valence-corrected chi connectivity index (χ2v) is 4.48. The van der Waals surface area contributed by atoms with Gasteiger partial charge in [0.2, 0.25) is 0 Å². The predicted octanol–water partition coefficient (Wildman–Crippen LogP) is 3.73. The van der Waals surface area contributed by atoms with Crippen molar-refractivity contribution >= 4 is 28.9 Å². The van der Waals surface area contributed by atoms with Gasteiger partial charge in [0.15, 0.2) is 0 Å². The number of hydrogen-bond donors (Lipinski definition) is 1. The fourth-order valence-electron chi connectivity index (χ4n) is 1.59. The summed E-state index contributed by atoms with van der Waals surface area (Å²) in [5.41, 5.74) is 7.15. The van der Waals surface area contributed by atoms with E-state index >= 15 is 0 Å². The minimum Gasteiger partial charge on any atom is -0.398 e. The topological polar surface area (TPSA) is 51.8 Å². The van der Waals surface area contributed by atoms with Gasteiger partial charge in [-0.1, -0.05) is 30.1 Å². The van der Waals surface area contributed by atoms with Crippen molar-refractivity contribution in [3.63, 3.8) is 0 Å². The molecular formula is C12H10Cl2FN3. The molecule has 0 aliphatic rings. The summed E-state index contributed by atoms with van der Waals surface area (Å²) in [7, 11) is 0. The van der Waals surface area contributed by atoms with Gasteiger partial charge in [-0.15, -0.1) is 0 Å². The van der Waals surface area contributed by atoms with Gasteiger partial charge >= 0.3 is 0 Å². The Morgan fingerprint density at radius 2 is 2.00 bits per heavy atom. The van der Waals surface area contributed by atoms with Gasteiger partial charge in [-0.2, -0.15) is 0 Å². The second kappa shape index (κ2) is 5.08. The molecule has 94 valence electrons. The Hall–Kier alpha value is -1.39. The number of halogens is 3. The minimum atomic E-state index is -0.517. The van der Waals surface area contributed by atoms with Crippen molar-refractivity contribution in [2.45, 2.75) is 13.3 Å². The lowest BCUT2D eigenvalue weighted by Gasteiger charge is -2.09. The summed E-state index contributed by atoms with van der Waals surface area (Å²) < 4.78 is 13.9. The Kier molecular flexibility index (Phi) is 3.68. The molecule has 1 aromatic heterocycles. The van der Waals surface area contributed by atoms with Crippen molar-refractivity contribution in [3.05, 3.63) is 40.0 Å². The molecule has 0 saturated heterocycles. The molecule has 0 bridgehead atoms. The summed E-state index contributed by atoms with van der Waals surface area (Å²) in [4.78, 5) is 8.04. The van der Waals surface area contributed by atoms with Gasteiger partial charge in [0.1, 0.15) is 12.1 Å². The van der Waals surface area contributed by atoms with Crippen LogP contribution >= 0.6 is 23.2 Å². The summed E-state index contributed by atoms with van der Waals surface area (Å²) >= 11 is 11.9. The third-order valence-electron chi connectivity index (χ3n) is 2.54. The van der Waals surface area contributed by atoms with E-state index in [1.54, 1.807) is 0 Å². The molecule has 0 aliphatic heterocycles. The number of rotatable bonds is 2. The van der Waals surface area contributed by atoms with Crippen molar-refractivity contribution in [2.24, 2.45) is 0 Å². The number of aromatic nitrogens is 2. The molecule has 6 heteroatoms. The Labute approximate surface area is 114 Å². The molecule has 2 aromatic rings. The normalized spacial score (nSPS) is 10.7. The maximum absolute atomic E-state index is 13.9. The first-order chi connectivity index (χ1) is 8.54. The number of nitrogen functional groups attached to an aromatic ring is 1. The Balaban J connectivity index is 2.66. The number of nitrogens with two attached hydrogens (primary N) is 1. The van der Waals surface area contributed by atoms with E-state index in [0.29, 0.717) is 22.8 Å². The standard InChI is InChI=1S/C12H10Cl2FN3/c1-2-10-11(14)12(18-5-17-10)6-3-9(16)7(13)4-8(6)15/h3-5H,2,16H2,1H3. The molecule has 0 spiro atoms. The predicted molar refractivity (Wildman–Crippen MR) is 71.2 cm³/mol. The van der Waals surface area contributed by atoms with Crippen LogP contribution in [0.3, 0.4) is 0 Å². The summed E-state index contributed by atoms with van der Waals surface area (Å²) in [6, 6.07) is 2.57. The molecule has 0 saturated carbocycles. The average molecular weight is 286 g/mol. The lowest BCUT2D eigenvalue weighted by atomic mass is 10.1. The van der Waals surface area contributed by atoms with Crippen LogP contribution in [0.25, 0.3) is 11.3 Å². The summed E-state index contributed by atoms with van der Waals surface area (Å²) in [6.45, 7) is 1.91. The molecule has 0 fully saturated rings. The quantitative estimate of drug-likeness (QED) is 0.856. The third-order valence-corrected chi connectivity index (χ3v) is 3.26. The van der Waals surface area contributed by atoms with E-state index in [1.807, 2.05) is 6.92 Å². The van der Waals surface area contributed by atoms with Crippen molar-refractivity contribution < 1.29 is 4.39 Å². The van der Waals surface area contributed by atoms with Gasteiger partial charge in [0, 0.05) is 5.56 Å². The lowest BCUT2D eigenvalue weighted by molar-refractivity contribution is 0.631. The van der Waals surface area contributed by atoms with E-state index in [-0.39, 0.29) is 16.3 Å². The van der Waals surface area contributed by atoms with Crippen molar-refractivity contribution in [3.8, 4) is 11.3 Å². The van der Waals surface area contributed by atoms with Crippen LogP contribution < -0.4 is 5.73 Å². The summed E-state index contributed by atoms with van der Waals surface area (Å²) in [6.07, 6.45) is 1.99. The molecule has 2 rings (SSSR count). The Morgan fingerprint density at radius 1 is 1.28 bits per heavy atom. The van der Waals surface area contributed by atoms with Gasteiger partial charge in [-0.25, -0.2) is 14.4 Å². The highest BCUT2D eigenvalue weighted by Crippen LogP contribution is 2.33. The molecule has 1 aromatic carbocycles. The van der Waals surface area contributed by atoms with Crippen LogP contribution in [0.5, 0.6) is 0 Å². The second-order valence-electron chi connectivity index (χ2n) is 3.69. The number of benzene rings is 1. The van der Waals surface area contributed by atoms with E-state index in [4.69, 9.17) is 28.9 Å². The van der Waals surface area contributed by atoms with Gasteiger partial charge in [-0.3, -0.25) is 0 Å². The maximum Gasteiger partial charge on any atom is 0.134 e. The van der Waals surface area contributed by atoms with E-state index in [1.165, 1.54) is 12.4 Å². The Bertz CT molecular complexity index is 602. The fraction of sp³-hybridized carbons (Fsp3) is 0.167. The number of nitrogens with zero attached hydrogens (tertiary/aromatic N) is 2. The Morgan fingerprint density at radius 3 is 2.67 bits per heavy atom. The zero-order valence-corrected chi connectivity index (χ0v) is 11.1. The highest BCUT2D eigenvalue weighted by atomic mass is 35.5. The van der Waals surface area contributed by atoms with Crippen LogP contribution in [0.2, 0.25) is 10.0 Å². The fourth-order valence-corrected chi connectivity index (χ4v) is 2.07. The molecule has 0 aliphatic carbocycles. The average Bonchev–Trinajstić information content (AvgIpc) is 2.34. The number of aryl methyl sites for hydroxylation is 1. The van der Waals surface area contributed by atoms with E-state index in [9.17, 15) is 4.39 Å². The SMILES string of the molecule is CCc1ncnc(-c2cc(N)c(Cl)cc2F)c1Cl. The molecular weight excluding hydrogens is 276 g/mol. The van der Waals surface area contributed by atoms with Crippen LogP contribution in [0.4, 0.5) is 10.1 Å². The summed E-state index contributed by atoms with van der Waals surface area (Å²) in [5, 5.41) is 0.498. The zero-order valence-electron chi connectivity index (χ0n) is 9.54. The number of anilines is 1. The van der Waals surface area contributed by atoms with Gasteiger partial charge in [0.05, 0.1) is 27.1 Å². The third kappa shape index (κ3) is 2.26. The van der Waals surface area contributed by atoms with Gasteiger partial charge in [-0.05, 0) is 18.6 Å². The van der Waals surface area contributed by atoms with Crippen molar-refractivity contribution in [1.29, 1.82) is 0 Å². The minimum absolute atomic E-state index is 0.164. The van der Waals surface area contributed by atoms with E-state index in [2.05, 4.69) is 9.97 Å². The van der Waals surface area contributed by atoms with Crippen LogP contribution in [-0.4, -0.2) is 9.97 Å². The first kappa shape index (κ1) is 13.1. The first-order valence-electron chi connectivity index (χ1n) is 5.28. The molecule has 1 heterocycles.